The molecule has 0 atom stereocenters. The van der Waals surface area contributed by atoms with Gasteiger partial charge in [0.15, 0.2) is 0 Å². The molecule has 4 nitrogen and oxygen atoms in total. The molecule has 0 aromatic rings. The Morgan fingerprint density at radius 2 is 1.25 bits per heavy atom. The van der Waals surface area contributed by atoms with Crippen molar-refractivity contribution in [1.29, 1.82) is 0 Å². The van der Waals surface area contributed by atoms with E-state index in [2.05, 4.69) is 8.85 Å². The van der Waals surface area contributed by atoms with Gasteiger partial charge in [-0.05, 0) is 6.04 Å². The highest BCUT2D eigenvalue weighted by Crippen LogP contribution is 2.39. The van der Waals surface area contributed by atoms with Gasteiger partial charge >= 0.3 is 20.9 Å². The van der Waals surface area contributed by atoms with Crippen LogP contribution in [0.4, 0.5) is 26.3 Å². The number of Topliss-reactive ketones (excluding diaryl/α,β-unsaturated/α-hetero) is 2. The quantitative estimate of drug-likeness (QED) is 0.427. The van der Waals surface area contributed by atoms with E-state index in [1.165, 1.54) is 6.92 Å². The number of ketones is 2. The first kappa shape index (κ1) is 19.1. The summed E-state index contributed by atoms with van der Waals surface area (Å²) in [7, 11) is -2.72. The third kappa shape index (κ3) is 3.79. The maximum absolute atomic E-state index is 12.4. The summed E-state index contributed by atoms with van der Waals surface area (Å²) in [6, 6.07) is -0.436. The lowest BCUT2D eigenvalue weighted by molar-refractivity contribution is -0.183. The molecule has 0 aromatic carbocycles. The number of alkyl halides is 6. The zero-order valence-electron chi connectivity index (χ0n) is 10.7. The zero-order valence-corrected chi connectivity index (χ0v) is 11.7. The number of carbonyl (C=O) groups is 2. The average Bonchev–Trinajstić information content (AvgIpc) is 2.32. The zero-order chi connectivity index (χ0) is 16.4. The van der Waals surface area contributed by atoms with E-state index >= 15 is 0 Å². The van der Waals surface area contributed by atoms with Gasteiger partial charge in [-0.25, -0.2) is 0 Å². The number of carbonyl (C=O) groups excluding carboxylic acids is 2. The molecule has 0 aliphatic rings. The van der Waals surface area contributed by atoms with Crippen LogP contribution >= 0.6 is 0 Å². The van der Waals surface area contributed by atoms with E-state index in [9.17, 15) is 35.9 Å². The monoisotopic (exact) mass is 326 g/mol. The summed E-state index contributed by atoms with van der Waals surface area (Å²) in [6.07, 6.45) is -11.2. The van der Waals surface area contributed by atoms with Gasteiger partial charge in [-0.3, -0.25) is 9.59 Å². The van der Waals surface area contributed by atoms with Crippen molar-refractivity contribution in [3.8, 4) is 0 Å². The smallest absolute Gasteiger partial charge is 0.397 e. The summed E-state index contributed by atoms with van der Waals surface area (Å²) in [6.45, 7) is 1.18. The van der Waals surface area contributed by atoms with Gasteiger partial charge < -0.3 is 8.85 Å². The largest absolute Gasteiger partial charge is 0.450 e. The van der Waals surface area contributed by atoms with Crippen molar-refractivity contribution in [2.75, 3.05) is 14.2 Å². The van der Waals surface area contributed by atoms with Crippen LogP contribution in [-0.4, -0.2) is 46.7 Å². The van der Waals surface area contributed by atoms with Crippen LogP contribution in [0.1, 0.15) is 6.92 Å². The molecule has 0 bridgehead atoms. The molecule has 0 amide bonds. The van der Waals surface area contributed by atoms with Crippen molar-refractivity contribution in [1.82, 2.24) is 0 Å². The van der Waals surface area contributed by atoms with Crippen molar-refractivity contribution >= 4 is 20.1 Å². The van der Waals surface area contributed by atoms with E-state index in [0.29, 0.717) is 0 Å². The first-order chi connectivity index (χ1) is 8.87. The minimum atomic E-state index is -5.60. The molecule has 0 aromatic heterocycles. The van der Waals surface area contributed by atoms with Gasteiger partial charge in [0.1, 0.15) is 5.54 Å². The minimum Gasteiger partial charge on any atom is -0.397 e. The number of rotatable bonds is 6. The molecule has 0 aliphatic heterocycles. The van der Waals surface area contributed by atoms with Gasteiger partial charge in [0.05, 0.1) is 0 Å². The Bertz CT molecular complexity index is 339. The normalized spacial score (nSPS) is 13.7. The second-order valence-corrected chi connectivity index (χ2v) is 7.46. The molecule has 0 heterocycles. The molecule has 0 radical (unpaired) electrons. The highest BCUT2D eigenvalue weighted by Gasteiger charge is 2.63. The summed E-state index contributed by atoms with van der Waals surface area (Å²) < 4.78 is 83.8. The van der Waals surface area contributed by atoms with Gasteiger partial charge in [-0.15, -0.1) is 0 Å². The van der Waals surface area contributed by atoms with E-state index < -0.39 is 44.1 Å². The van der Waals surface area contributed by atoms with E-state index in [0.717, 1.165) is 14.2 Å². The molecule has 0 fully saturated rings. The van der Waals surface area contributed by atoms with E-state index in [1.54, 1.807) is 0 Å². The fourth-order valence-corrected chi connectivity index (χ4v) is 4.41. The van der Waals surface area contributed by atoms with Crippen LogP contribution in [-0.2, 0) is 18.4 Å². The third-order valence-corrected chi connectivity index (χ3v) is 6.48. The van der Waals surface area contributed by atoms with Crippen LogP contribution in [0.2, 0.25) is 11.6 Å². The molecule has 11 heteroatoms. The summed E-state index contributed by atoms with van der Waals surface area (Å²) >= 11 is 0. The molecule has 0 aliphatic carbocycles. The van der Waals surface area contributed by atoms with Crippen molar-refractivity contribution in [3.05, 3.63) is 0 Å². The van der Waals surface area contributed by atoms with Crippen molar-refractivity contribution in [2.45, 2.75) is 30.9 Å². The second kappa shape index (κ2) is 6.22. The number of hydrogen-bond acceptors (Lipinski definition) is 4. The maximum atomic E-state index is 12.4. The van der Waals surface area contributed by atoms with Gasteiger partial charge in [0.25, 0.3) is 0 Å². The number of hydrogen-bond donors (Lipinski definition) is 0. The lowest BCUT2D eigenvalue weighted by Gasteiger charge is -2.32. The highest BCUT2D eigenvalue weighted by atomic mass is 28.4. The standard InChI is InChI=1S/C9H12F6O4Si/c1-4-20(18-2,19-3)5(6(16)8(10,11)12)7(17)9(13,14)15/h5H,4H2,1-3H3. The highest BCUT2D eigenvalue weighted by molar-refractivity contribution is 6.77. The summed E-state index contributed by atoms with van der Waals surface area (Å²) in [5.74, 6) is -5.62. The maximum Gasteiger partial charge on any atom is 0.450 e. The number of halogens is 6. The summed E-state index contributed by atoms with van der Waals surface area (Å²) in [5, 5.41) is 0. The van der Waals surface area contributed by atoms with E-state index in [-0.39, 0.29) is 0 Å². The van der Waals surface area contributed by atoms with Crippen LogP contribution in [0.15, 0.2) is 0 Å². The Morgan fingerprint density at radius 1 is 0.950 bits per heavy atom. The summed E-state index contributed by atoms with van der Waals surface area (Å²) in [5.41, 5.74) is -3.04. The molecular formula is C9H12F6O4Si. The first-order valence-corrected chi connectivity index (χ1v) is 7.29. The second-order valence-electron chi connectivity index (χ2n) is 3.73. The van der Waals surface area contributed by atoms with Crippen molar-refractivity contribution in [3.63, 3.8) is 0 Å². The van der Waals surface area contributed by atoms with Crippen LogP contribution in [0, 0.1) is 0 Å². The molecule has 0 spiro atoms. The Morgan fingerprint density at radius 3 is 1.40 bits per heavy atom. The molecule has 0 saturated carbocycles. The Labute approximate surface area is 111 Å². The molecule has 0 saturated heterocycles. The summed E-state index contributed by atoms with van der Waals surface area (Å²) in [4.78, 5) is 22.4. The first-order valence-electron chi connectivity index (χ1n) is 5.19. The lowest BCUT2D eigenvalue weighted by atomic mass is 10.2. The Hall–Kier alpha value is -0.943. The Kier molecular flexibility index (Phi) is 5.93. The van der Waals surface area contributed by atoms with Crippen LogP contribution in [0.25, 0.3) is 0 Å². The topological polar surface area (TPSA) is 52.6 Å². The lowest BCUT2D eigenvalue weighted by Crippen LogP contribution is -2.56. The van der Waals surface area contributed by atoms with Gasteiger partial charge in [-0.2, -0.15) is 26.3 Å². The van der Waals surface area contributed by atoms with Crippen LogP contribution in [0.5, 0.6) is 0 Å². The average molecular weight is 326 g/mol. The predicted octanol–water partition coefficient (Wildman–Crippen LogP) is 2.37. The van der Waals surface area contributed by atoms with E-state index in [4.69, 9.17) is 0 Å². The molecule has 0 unspecified atom stereocenters. The van der Waals surface area contributed by atoms with Gasteiger partial charge in [0, 0.05) is 14.2 Å². The predicted molar refractivity (Wildman–Crippen MR) is 56.1 cm³/mol. The van der Waals surface area contributed by atoms with Crippen molar-refractivity contribution < 1.29 is 44.8 Å². The fraction of sp³-hybridized carbons (Fsp3) is 0.778. The van der Waals surface area contributed by atoms with Crippen LogP contribution in [0.3, 0.4) is 0 Å². The van der Waals surface area contributed by atoms with E-state index in [1.807, 2.05) is 0 Å². The molecular weight excluding hydrogens is 314 g/mol. The molecule has 118 valence electrons. The van der Waals surface area contributed by atoms with Gasteiger partial charge in [0.2, 0.25) is 11.6 Å². The van der Waals surface area contributed by atoms with Crippen molar-refractivity contribution in [2.24, 2.45) is 0 Å². The molecule has 0 N–H and O–H groups in total. The minimum absolute atomic E-state index is 0.436. The Balaban J connectivity index is 5.96. The SMILES string of the molecule is CC[Si](OC)(OC)C(C(=O)C(F)(F)F)C(=O)C(F)(F)F. The molecule has 0 rings (SSSR count). The third-order valence-electron chi connectivity index (χ3n) is 2.71. The molecule has 20 heavy (non-hydrogen) atoms. The van der Waals surface area contributed by atoms with Crippen LogP contribution < -0.4 is 0 Å². The van der Waals surface area contributed by atoms with Gasteiger partial charge in [-0.1, -0.05) is 6.92 Å². The fourth-order valence-electron chi connectivity index (χ4n) is 1.66.